The van der Waals surface area contributed by atoms with Crippen LogP contribution in [0.25, 0.3) is 11.3 Å². The van der Waals surface area contributed by atoms with E-state index in [1.165, 1.54) is 4.31 Å². The molecule has 36 heavy (non-hydrogen) atoms. The lowest BCUT2D eigenvalue weighted by Gasteiger charge is -2.20. The number of hydrogen-bond donors (Lipinski definition) is 1. The van der Waals surface area contributed by atoms with Crippen molar-refractivity contribution >= 4 is 10.0 Å². The Labute approximate surface area is 212 Å². The van der Waals surface area contributed by atoms with Crippen LogP contribution >= 0.6 is 0 Å². The maximum Gasteiger partial charge on any atom is 0.243 e. The molecule has 8 heteroatoms. The number of nitrogens with zero attached hydrogens (tertiary/aromatic N) is 3. The molecule has 0 fully saturated rings. The monoisotopic (exact) mass is 505 g/mol. The van der Waals surface area contributed by atoms with Gasteiger partial charge in [0, 0.05) is 38.3 Å². The lowest BCUT2D eigenvalue weighted by Crippen LogP contribution is -2.26. The Hall–Kier alpha value is -3.46. The third-order valence-corrected chi connectivity index (χ3v) is 8.09. The van der Waals surface area contributed by atoms with Gasteiger partial charge in [-0.15, -0.1) is 0 Å². The van der Waals surface area contributed by atoms with Crippen molar-refractivity contribution in [3.63, 3.8) is 0 Å². The molecule has 0 aliphatic rings. The first-order valence-corrected chi connectivity index (χ1v) is 13.1. The molecular weight excluding hydrogens is 474 g/mol. The molecule has 3 aromatic carbocycles. The van der Waals surface area contributed by atoms with Gasteiger partial charge in [-0.1, -0.05) is 48.5 Å². The van der Waals surface area contributed by atoms with E-state index < -0.39 is 10.0 Å². The van der Waals surface area contributed by atoms with Gasteiger partial charge in [-0.25, -0.2) is 13.4 Å². The number of aliphatic hydroxyl groups is 1. The molecule has 1 atom stereocenters. The van der Waals surface area contributed by atoms with Crippen LogP contribution in [0.4, 0.5) is 0 Å². The number of rotatable bonds is 10. The molecule has 0 saturated carbocycles. The first kappa shape index (κ1) is 25.6. The van der Waals surface area contributed by atoms with E-state index in [4.69, 9.17) is 4.74 Å². The molecule has 4 rings (SSSR count). The van der Waals surface area contributed by atoms with Gasteiger partial charge in [-0.05, 0) is 47.4 Å². The zero-order chi connectivity index (χ0) is 25.7. The highest BCUT2D eigenvalue weighted by atomic mass is 32.2. The predicted molar refractivity (Wildman–Crippen MR) is 140 cm³/mol. The molecule has 0 radical (unpaired) electrons. The van der Waals surface area contributed by atoms with Gasteiger partial charge < -0.3 is 14.4 Å². The van der Waals surface area contributed by atoms with Gasteiger partial charge in [0.05, 0.1) is 30.6 Å². The van der Waals surface area contributed by atoms with Crippen molar-refractivity contribution in [2.75, 3.05) is 20.8 Å². The van der Waals surface area contributed by atoms with Gasteiger partial charge in [0.1, 0.15) is 5.75 Å². The molecule has 4 aromatic rings. The Kier molecular flexibility index (Phi) is 7.88. The lowest BCUT2D eigenvalue weighted by atomic mass is 9.90. The van der Waals surface area contributed by atoms with Crippen molar-refractivity contribution in [1.29, 1.82) is 0 Å². The summed E-state index contributed by atoms with van der Waals surface area (Å²) in [4.78, 5) is 4.68. The second-order valence-corrected chi connectivity index (χ2v) is 10.9. The average molecular weight is 506 g/mol. The normalized spacial score (nSPS) is 12.6. The minimum absolute atomic E-state index is 0.0175. The van der Waals surface area contributed by atoms with Gasteiger partial charge in [-0.2, -0.15) is 4.31 Å². The summed E-state index contributed by atoms with van der Waals surface area (Å²) in [5, 5.41) is 10.1. The Balaban J connectivity index is 1.67. The Morgan fingerprint density at radius 2 is 1.78 bits per heavy atom. The number of aryl methyl sites for hydroxylation is 1. The number of aliphatic hydroxyl groups excluding tert-OH is 1. The highest BCUT2D eigenvalue weighted by Gasteiger charge is 2.24. The smallest absolute Gasteiger partial charge is 0.243 e. The number of aromatic nitrogens is 2. The number of ether oxygens (including phenoxy) is 1. The molecule has 0 aliphatic carbocycles. The zero-order valence-corrected chi connectivity index (χ0v) is 21.5. The minimum atomic E-state index is -3.76. The van der Waals surface area contributed by atoms with Gasteiger partial charge >= 0.3 is 0 Å². The zero-order valence-electron chi connectivity index (χ0n) is 20.7. The van der Waals surface area contributed by atoms with E-state index >= 15 is 0 Å². The molecule has 1 aromatic heterocycles. The van der Waals surface area contributed by atoms with Gasteiger partial charge in [0.2, 0.25) is 10.0 Å². The topological polar surface area (TPSA) is 84.7 Å². The summed E-state index contributed by atoms with van der Waals surface area (Å²) in [6.07, 6.45) is 4.11. The van der Waals surface area contributed by atoms with E-state index in [1.54, 1.807) is 32.6 Å². The predicted octanol–water partition coefficient (Wildman–Crippen LogP) is 4.24. The first-order valence-electron chi connectivity index (χ1n) is 11.7. The van der Waals surface area contributed by atoms with Gasteiger partial charge in [-0.3, -0.25) is 0 Å². The van der Waals surface area contributed by atoms with Crippen LogP contribution in [-0.2, 0) is 30.0 Å². The molecule has 0 saturated heterocycles. The quantitative estimate of drug-likeness (QED) is 0.349. The Bertz CT molecular complexity index is 1400. The Morgan fingerprint density at radius 3 is 2.39 bits per heavy atom. The fraction of sp³-hybridized carbons (Fsp3) is 0.250. The fourth-order valence-corrected chi connectivity index (χ4v) is 5.40. The molecule has 188 valence electrons. The van der Waals surface area contributed by atoms with Crippen LogP contribution < -0.4 is 4.74 Å². The van der Waals surface area contributed by atoms with Crippen LogP contribution in [0.15, 0.2) is 90.2 Å². The van der Waals surface area contributed by atoms with Crippen LogP contribution in [0, 0.1) is 0 Å². The summed E-state index contributed by atoms with van der Waals surface area (Å²) in [6.45, 7) is 0.212. The van der Waals surface area contributed by atoms with Gasteiger partial charge in [0.25, 0.3) is 0 Å². The largest absolute Gasteiger partial charge is 0.497 e. The van der Waals surface area contributed by atoms with Crippen molar-refractivity contribution in [3.05, 3.63) is 102 Å². The molecule has 1 N–H and O–H groups in total. The third-order valence-electron chi connectivity index (χ3n) is 6.29. The second-order valence-electron chi connectivity index (χ2n) is 8.85. The van der Waals surface area contributed by atoms with E-state index in [1.807, 2.05) is 78.5 Å². The van der Waals surface area contributed by atoms with Crippen LogP contribution in [0.2, 0.25) is 0 Å². The number of imidazole rings is 1. The van der Waals surface area contributed by atoms with E-state index in [0.29, 0.717) is 12.1 Å². The van der Waals surface area contributed by atoms with Gasteiger partial charge in [0.15, 0.2) is 0 Å². The van der Waals surface area contributed by atoms with E-state index in [-0.39, 0.29) is 24.0 Å². The summed E-state index contributed by atoms with van der Waals surface area (Å²) >= 11 is 0. The summed E-state index contributed by atoms with van der Waals surface area (Å²) in [5.74, 6) is 0.602. The fourth-order valence-electron chi connectivity index (χ4n) is 4.22. The standard InChI is InChI=1S/C28H31N3O4S/c1-30-18-28(29-20-30)27-16-26(14-11-23(27)15-24(19-32)22-7-5-4-6-8-22)36(33,34)31(2)17-21-9-12-25(35-3)13-10-21/h4-14,16,18,20,24,32H,15,17,19H2,1-3H3/t24-/m0/s1. The number of methoxy groups -OCH3 is 1. The molecule has 0 spiro atoms. The number of hydrogen-bond acceptors (Lipinski definition) is 5. The summed E-state index contributed by atoms with van der Waals surface area (Å²) < 4.78 is 35.3. The molecule has 1 heterocycles. The summed E-state index contributed by atoms with van der Waals surface area (Å²) in [5.41, 5.74) is 4.24. The molecule has 0 amide bonds. The highest BCUT2D eigenvalue weighted by molar-refractivity contribution is 7.89. The van der Waals surface area contributed by atoms with Crippen LogP contribution in [0.3, 0.4) is 0 Å². The molecule has 0 bridgehead atoms. The Morgan fingerprint density at radius 1 is 1.06 bits per heavy atom. The van der Waals surface area contributed by atoms with Crippen molar-refractivity contribution in [2.24, 2.45) is 7.05 Å². The highest BCUT2D eigenvalue weighted by Crippen LogP contribution is 2.31. The van der Waals surface area contributed by atoms with Crippen molar-refractivity contribution in [3.8, 4) is 17.0 Å². The SMILES string of the molecule is COc1ccc(CN(C)S(=O)(=O)c2ccc(C[C@@H](CO)c3ccccc3)c(-c3cn(C)cn3)c2)cc1. The first-order chi connectivity index (χ1) is 17.3. The van der Waals surface area contributed by atoms with Crippen molar-refractivity contribution in [1.82, 2.24) is 13.9 Å². The summed E-state index contributed by atoms with van der Waals surface area (Å²) in [7, 11) is 1.28. The lowest BCUT2D eigenvalue weighted by molar-refractivity contribution is 0.264. The van der Waals surface area contributed by atoms with Crippen molar-refractivity contribution in [2.45, 2.75) is 23.8 Å². The van der Waals surface area contributed by atoms with E-state index in [0.717, 1.165) is 28.0 Å². The van der Waals surface area contributed by atoms with Crippen LogP contribution in [0.1, 0.15) is 22.6 Å². The number of benzene rings is 3. The molecule has 0 aliphatic heterocycles. The molecular formula is C28H31N3O4S. The van der Waals surface area contributed by atoms with E-state index in [9.17, 15) is 13.5 Å². The summed E-state index contributed by atoms with van der Waals surface area (Å²) in [6, 6.07) is 22.3. The maximum absolute atomic E-state index is 13.5. The maximum atomic E-state index is 13.5. The van der Waals surface area contributed by atoms with E-state index in [2.05, 4.69) is 4.98 Å². The third kappa shape index (κ3) is 5.67. The second kappa shape index (κ2) is 11.1. The minimum Gasteiger partial charge on any atom is -0.497 e. The molecule has 7 nitrogen and oxygen atoms in total. The van der Waals surface area contributed by atoms with Crippen LogP contribution in [0.5, 0.6) is 5.75 Å². The number of sulfonamides is 1. The van der Waals surface area contributed by atoms with Crippen molar-refractivity contribution < 1.29 is 18.3 Å². The average Bonchev–Trinajstić information content (AvgIpc) is 3.34. The van der Waals surface area contributed by atoms with Crippen LogP contribution in [-0.4, -0.2) is 48.1 Å². The molecule has 0 unspecified atom stereocenters.